The number of piperazine rings is 1. The van der Waals surface area contributed by atoms with Crippen LogP contribution in [0.2, 0.25) is 0 Å². The molecule has 0 spiro atoms. The summed E-state index contributed by atoms with van der Waals surface area (Å²) in [4.78, 5) is 31.6. The van der Waals surface area contributed by atoms with E-state index in [-0.39, 0.29) is 24.2 Å². The number of para-hydroxylation sites is 2. The minimum atomic E-state index is -0.260. The highest BCUT2D eigenvalue weighted by Gasteiger charge is 2.38. The van der Waals surface area contributed by atoms with Gasteiger partial charge in [-0.1, -0.05) is 26.0 Å². The Hall–Kier alpha value is -2.08. The van der Waals surface area contributed by atoms with E-state index >= 15 is 0 Å². The van der Waals surface area contributed by atoms with E-state index in [1.165, 1.54) is 0 Å². The van der Waals surface area contributed by atoms with Gasteiger partial charge in [0.2, 0.25) is 11.8 Å². The van der Waals surface area contributed by atoms with Crippen LogP contribution in [0.4, 0.5) is 5.69 Å². The highest BCUT2D eigenvalue weighted by Crippen LogP contribution is 2.33. The number of amides is 2. The number of anilines is 1. The molecule has 2 fully saturated rings. The molecule has 1 aromatic carbocycles. The van der Waals surface area contributed by atoms with Crippen LogP contribution in [0.3, 0.4) is 0 Å². The van der Waals surface area contributed by atoms with Crippen LogP contribution in [0.15, 0.2) is 24.3 Å². The van der Waals surface area contributed by atoms with Crippen molar-refractivity contribution in [2.75, 3.05) is 50.8 Å². The summed E-state index contributed by atoms with van der Waals surface area (Å²) in [7, 11) is 0. The maximum absolute atomic E-state index is 13.0. The predicted octanol–water partition coefficient (Wildman–Crippen LogP) is 2.24. The number of hydrogen-bond acceptors (Lipinski definition) is 4. The van der Waals surface area contributed by atoms with Gasteiger partial charge in [-0.05, 0) is 25.0 Å². The first-order valence-corrected chi connectivity index (χ1v) is 10.0. The Morgan fingerprint density at radius 2 is 1.89 bits per heavy atom. The normalized spacial score (nSPS) is 21.2. The summed E-state index contributed by atoms with van der Waals surface area (Å²) in [6.45, 7) is 11.8. The molecule has 1 aromatic rings. The van der Waals surface area contributed by atoms with E-state index in [4.69, 9.17) is 4.74 Å². The lowest BCUT2D eigenvalue weighted by Gasteiger charge is -2.36. The first kappa shape index (κ1) is 19.7. The van der Waals surface area contributed by atoms with Crippen molar-refractivity contribution in [3.8, 4) is 5.75 Å². The van der Waals surface area contributed by atoms with Crippen molar-refractivity contribution < 1.29 is 14.3 Å². The van der Waals surface area contributed by atoms with Gasteiger partial charge in [0.05, 0.1) is 18.2 Å². The monoisotopic (exact) mass is 373 g/mol. The maximum atomic E-state index is 13.0. The van der Waals surface area contributed by atoms with Gasteiger partial charge >= 0.3 is 0 Å². The predicted molar refractivity (Wildman–Crippen MR) is 106 cm³/mol. The van der Waals surface area contributed by atoms with Crippen LogP contribution in [0.5, 0.6) is 5.75 Å². The Morgan fingerprint density at radius 3 is 2.56 bits per heavy atom. The lowest BCUT2D eigenvalue weighted by atomic mass is 10.1. The zero-order chi connectivity index (χ0) is 19.4. The van der Waals surface area contributed by atoms with Gasteiger partial charge in [0.25, 0.3) is 0 Å². The number of carbonyl (C=O) groups excluding carboxylic acids is 2. The van der Waals surface area contributed by atoms with E-state index < -0.39 is 0 Å². The van der Waals surface area contributed by atoms with Gasteiger partial charge in [-0.2, -0.15) is 0 Å². The SMILES string of the molecule is CCOc1ccccc1N1CC(C(=O)N2CCN(CC(C)C)CC2)CC1=O. The average Bonchev–Trinajstić information content (AvgIpc) is 3.03. The van der Waals surface area contributed by atoms with Gasteiger partial charge in [-0.25, -0.2) is 0 Å². The molecule has 0 aliphatic carbocycles. The molecule has 0 bridgehead atoms. The number of carbonyl (C=O) groups is 2. The van der Waals surface area contributed by atoms with E-state index in [9.17, 15) is 9.59 Å². The summed E-state index contributed by atoms with van der Waals surface area (Å²) in [6, 6.07) is 7.55. The molecule has 148 valence electrons. The Bertz CT molecular complexity index is 668. The molecule has 1 unspecified atom stereocenters. The number of nitrogens with zero attached hydrogens (tertiary/aromatic N) is 3. The van der Waals surface area contributed by atoms with Crippen LogP contribution >= 0.6 is 0 Å². The number of ether oxygens (including phenoxy) is 1. The quantitative estimate of drug-likeness (QED) is 0.767. The first-order chi connectivity index (χ1) is 13.0. The molecular weight excluding hydrogens is 342 g/mol. The van der Waals surface area contributed by atoms with E-state index in [1.807, 2.05) is 36.1 Å². The fraction of sp³-hybridized carbons (Fsp3) is 0.619. The molecule has 6 nitrogen and oxygen atoms in total. The lowest BCUT2D eigenvalue weighted by molar-refractivity contribution is -0.137. The number of hydrogen-bond donors (Lipinski definition) is 0. The van der Waals surface area contributed by atoms with Crippen LogP contribution < -0.4 is 9.64 Å². The van der Waals surface area contributed by atoms with Crippen molar-refractivity contribution in [2.45, 2.75) is 27.2 Å². The van der Waals surface area contributed by atoms with Gasteiger partial charge in [-0.3, -0.25) is 14.5 Å². The van der Waals surface area contributed by atoms with Gasteiger partial charge in [0, 0.05) is 45.7 Å². The minimum Gasteiger partial charge on any atom is -0.492 e. The van der Waals surface area contributed by atoms with E-state index in [1.54, 1.807) is 4.90 Å². The number of rotatable bonds is 6. The fourth-order valence-electron chi connectivity index (χ4n) is 3.99. The Kier molecular flexibility index (Phi) is 6.37. The minimum absolute atomic E-state index is 0.000975. The summed E-state index contributed by atoms with van der Waals surface area (Å²) >= 11 is 0. The van der Waals surface area contributed by atoms with Crippen LogP contribution in [-0.2, 0) is 9.59 Å². The average molecular weight is 373 g/mol. The molecular formula is C21H31N3O3. The van der Waals surface area contributed by atoms with Crippen molar-refractivity contribution >= 4 is 17.5 Å². The summed E-state index contributed by atoms with van der Waals surface area (Å²) in [6.07, 6.45) is 0.283. The summed E-state index contributed by atoms with van der Waals surface area (Å²) in [5, 5.41) is 0. The largest absolute Gasteiger partial charge is 0.492 e. The molecule has 6 heteroatoms. The summed E-state index contributed by atoms with van der Waals surface area (Å²) in [5.41, 5.74) is 0.765. The van der Waals surface area contributed by atoms with Crippen molar-refractivity contribution in [2.24, 2.45) is 11.8 Å². The Labute approximate surface area is 162 Å². The van der Waals surface area contributed by atoms with Crippen molar-refractivity contribution in [3.63, 3.8) is 0 Å². The van der Waals surface area contributed by atoms with Gasteiger partial charge in [0.15, 0.2) is 0 Å². The van der Waals surface area contributed by atoms with Crippen LogP contribution in [0.1, 0.15) is 27.2 Å². The molecule has 27 heavy (non-hydrogen) atoms. The van der Waals surface area contributed by atoms with Crippen LogP contribution in [0, 0.1) is 11.8 Å². The molecule has 2 saturated heterocycles. The molecule has 0 radical (unpaired) electrons. The highest BCUT2D eigenvalue weighted by molar-refractivity contribution is 6.01. The molecule has 3 rings (SSSR count). The first-order valence-electron chi connectivity index (χ1n) is 10.0. The third-order valence-electron chi connectivity index (χ3n) is 5.24. The van der Waals surface area contributed by atoms with Crippen molar-refractivity contribution in [1.29, 1.82) is 0 Å². The van der Waals surface area contributed by atoms with Crippen molar-refractivity contribution in [3.05, 3.63) is 24.3 Å². The summed E-state index contributed by atoms with van der Waals surface area (Å²) < 4.78 is 5.66. The smallest absolute Gasteiger partial charge is 0.228 e. The Morgan fingerprint density at radius 1 is 1.19 bits per heavy atom. The molecule has 2 heterocycles. The van der Waals surface area contributed by atoms with E-state index in [0.717, 1.165) is 38.4 Å². The summed E-state index contributed by atoms with van der Waals surface area (Å²) in [5.74, 6) is 1.19. The second kappa shape index (κ2) is 8.74. The zero-order valence-corrected chi connectivity index (χ0v) is 16.7. The van der Waals surface area contributed by atoms with Crippen LogP contribution in [-0.4, -0.2) is 67.5 Å². The van der Waals surface area contributed by atoms with E-state index in [0.29, 0.717) is 24.8 Å². The molecule has 0 saturated carbocycles. The third-order valence-corrected chi connectivity index (χ3v) is 5.24. The highest BCUT2D eigenvalue weighted by atomic mass is 16.5. The molecule has 0 aromatic heterocycles. The fourth-order valence-corrected chi connectivity index (χ4v) is 3.99. The van der Waals surface area contributed by atoms with Gasteiger partial charge < -0.3 is 14.5 Å². The number of benzene rings is 1. The molecule has 2 aliphatic rings. The second-order valence-electron chi connectivity index (χ2n) is 7.83. The second-order valence-corrected chi connectivity index (χ2v) is 7.83. The molecule has 2 aliphatic heterocycles. The van der Waals surface area contributed by atoms with Gasteiger partial charge in [0.1, 0.15) is 5.75 Å². The van der Waals surface area contributed by atoms with Crippen molar-refractivity contribution in [1.82, 2.24) is 9.80 Å². The molecule has 0 N–H and O–H groups in total. The topological polar surface area (TPSA) is 53.1 Å². The zero-order valence-electron chi connectivity index (χ0n) is 16.7. The van der Waals surface area contributed by atoms with Crippen LogP contribution in [0.25, 0.3) is 0 Å². The van der Waals surface area contributed by atoms with E-state index in [2.05, 4.69) is 18.7 Å². The Balaban J connectivity index is 1.62. The standard InChI is InChI=1S/C21H31N3O3/c1-4-27-19-8-6-5-7-18(19)24-15-17(13-20(24)25)21(26)23-11-9-22(10-12-23)14-16(2)3/h5-8,16-17H,4,9-15H2,1-3H3. The molecule has 2 amide bonds. The maximum Gasteiger partial charge on any atom is 0.228 e. The van der Waals surface area contributed by atoms with Gasteiger partial charge in [-0.15, -0.1) is 0 Å². The lowest BCUT2D eigenvalue weighted by Crippen LogP contribution is -2.51. The molecule has 1 atom stereocenters. The third kappa shape index (κ3) is 4.61.